The van der Waals surface area contributed by atoms with Gasteiger partial charge in [-0.05, 0) is 39.8 Å². The lowest BCUT2D eigenvalue weighted by Crippen LogP contribution is -2.43. The highest BCUT2D eigenvalue weighted by atomic mass is 31.2. The minimum Gasteiger partial charge on any atom is -0.462 e. The summed E-state index contributed by atoms with van der Waals surface area (Å²) in [6, 6.07) is 6.73. The van der Waals surface area contributed by atoms with Crippen LogP contribution in [0.25, 0.3) is 0 Å². The number of aromatic nitrogens is 2. The van der Waals surface area contributed by atoms with Gasteiger partial charge in [-0.1, -0.05) is 18.2 Å². The highest BCUT2D eigenvalue weighted by Crippen LogP contribution is 2.47. The maximum Gasteiger partial charge on any atom is 0.459 e. The molecule has 0 radical (unpaired) electrons. The molecule has 1 aliphatic rings. The SMILES string of the molecule is CC(C)OC(=O)[C@@H](C)N[P@@](=O)(OC[C@H]1OC(n2cc(F)c(N)nc2=O)[C@](C)(F)[C@@H]1O)Oc1ccccc1. The van der Waals surface area contributed by atoms with Crippen molar-refractivity contribution >= 4 is 19.5 Å². The second-order valence-corrected chi connectivity index (χ2v) is 10.5. The first-order valence-corrected chi connectivity index (χ1v) is 12.8. The number of benzene rings is 1. The molecule has 0 amide bonds. The first kappa shape index (κ1) is 28.7. The van der Waals surface area contributed by atoms with E-state index < -0.39 is 73.9 Å². The number of aliphatic hydroxyl groups is 1. The molecule has 0 aliphatic carbocycles. The van der Waals surface area contributed by atoms with Crippen molar-refractivity contribution in [1.82, 2.24) is 14.6 Å². The standard InChI is InChI=1S/C22H29F2N4O8P/c1-12(2)34-19(30)13(3)27-37(32,36-14-8-6-5-7-9-14)33-11-16-17(29)22(4,24)20(35-16)28-10-15(23)18(25)26-21(28)31/h5-10,12-13,16-17,20,29H,11H2,1-4H3,(H,27,32)(H2,25,26,31)/t13-,16-,17-,20?,22-,37-/m1/s1. The maximum absolute atomic E-state index is 15.5. The normalized spacial score (nSPS) is 26.0. The number of nitrogens with one attached hydrogen (secondary N) is 1. The highest BCUT2D eigenvalue weighted by molar-refractivity contribution is 7.52. The largest absolute Gasteiger partial charge is 0.462 e. The van der Waals surface area contributed by atoms with Gasteiger partial charge in [-0.15, -0.1) is 0 Å². The number of esters is 1. The van der Waals surface area contributed by atoms with E-state index in [4.69, 9.17) is 24.3 Å². The molecule has 0 saturated carbocycles. The Labute approximate surface area is 211 Å². The van der Waals surface area contributed by atoms with Crippen molar-refractivity contribution < 1.29 is 41.8 Å². The average Bonchev–Trinajstić information content (AvgIpc) is 3.03. The number of halogens is 2. The number of aliphatic hydroxyl groups excluding tert-OH is 1. The van der Waals surface area contributed by atoms with Gasteiger partial charge in [0.15, 0.2) is 23.5 Å². The highest BCUT2D eigenvalue weighted by Gasteiger charge is 2.56. The summed E-state index contributed by atoms with van der Waals surface area (Å²) in [5.74, 6) is -2.39. The van der Waals surface area contributed by atoms with Crippen LogP contribution in [0.1, 0.15) is 33.9 Å². The van der Waals surface area contributed by atoms with Crippen LogP contribution in [0.15, 0.2) is 41.3 Å². The third-order valence-corrected chi connectivity index (χ3v) is 6.98. The number of carbonyl (C=O) groups is 1. The number of rotatable bonds is 10. The zero-order chi connectivity index (χ0) is 27.5. The van der Waals surface area contributed by atoms with E-state index >= 15 is 4.39 Å². The molecule has 204 valence electrons. The summed E-state index contributed by atoms with van der Waals surface area (Å²) in [4.78, 5) is 27.7. The van der Waals surface area contributed by atoms with E-state index in [0.717, 1.165) is 6.92 Å². The molecular weight excluding hydrogens is 517 g/mol. The van der Waals surface area contributed by atoms with Crippen LogP contribution in [-0.2, 0) is 23.4 Å². The number of anilines is 1. The molecule has 15 heteroatoms. The molecule has 1 fully saturated rings. The van der Waals surface area contributed by atoms with Crippen LogP contribution >= 0.6 is 7.75 Å². The first-order chi connectivity index (χ1) is 17.2. The molecule has 6 atom stereocenters. The van der Waals surface area contributed by atoms with Gasteiger partial charge in [-0.3, -0.25) is 13.9 Å². The van der Waals surface area contributed by atoms with Crippen molar-refractivity contribution in [2.75, 3.05) is 12.3 Å². The van der Waals surface area contributed by atoms with Gasteiger partial charge in [0.2, 0.25) is 0 Å². The molecule has 1 aromatic heterocycles. The Balaban J connectivity index is 1.81. The first-order valence-electron chi connectivity index (χ1n) is 11.3. The number of hydrogen-bond donors (Lipinski definition) is 3. The number of hydrogen-bond acceptors (Lipinski definition) is 10. The van der Waals surface area contributed by atoms with Crippen molar-refractivity contribution in [3.63, 3.8) is 0 Å². The zero-order valence-electron chi connectivity index (χ0n) is 20.5. The minimum atomic E-state index is -4.35. The van der Waals surface area contributed by atoms with Crippen LogP contribution in [-0.4, -0.2) is 57.3 Å². The number of nitrogen functional groups attached to an aromatic ring is 1. The monoisotopic (exact) mass is 546 g/mol. The molecule has 4 N–H and O–H groups in total. The zero-order valence-corrected chi connectivity index (χ0v) is 21.4. The molecule has 0 spiro atoms. The lowest BCUT2D eigenvalue weighted by atomic mass is 9.98. The summed E-state index contributed by atoms with van der Waals surface area (Å²) < 4.78 is 65.0. The fraction of sp³-hybridized carbons (Fsp3) is 0.500. The second-order valence-electron chi connectivity index (χ2n) is 8.82. The quantitative estimate of drug-likeness (QED) is 0.295. The fourth-order valence-corrected chi connectivity index (χ4v) is 4.98. The van der Waals surface area contributed by atoms with E-state index in [1.165, 1.54) is 19.1 Å². The van der Waals surface area contributed by atoms with E-state index in [0.29, 0.717) is 10.8 Å². The van der Waals surface area contributed by atoms with Gasteiger partial charge in [0, 0.05) is 0 Å². The van der Waals surface area contributed by atoms with Gasteiger partial charge in [-0.25, -0.2) is 18.1 Å². The Morgan fingerprint density at radius 3 is 2.62 bits per heavy atom. The lowest BCUT2D eigenvalue weighted by Gasteiger charge is -2.25. The molecule has 12 nitrogen and oxygen atoms in total. The number of ether oxygens (including phenoxy) is 2. The predicted molar refractivity (Wildman–Crippen MR) is 127 cm³/mol. The topological polar surface area (TPSA) is 164 Å². The molecule has 1 unspecified atom stereocenters. The molecule has 0 bridgehead atoms. The van der Waals surface area contributed by atoms with Crippen LogP contribution < -0.4 is 21.0 Å². The number of alkyl halides is 1. The Hall–Kier alpha value is -2.90. The second kappa shape index (κ2) is 11.2. The fourth-order valence-electron chi connectivity index (χ4n) is 3.48. The van der Waals surface area contributed by atoms with Gasteiger partial charge in [0.1, 0.15) is 24.0 Å². The van der Waals surface area contributed by atoms with Crippen LogP contribution in [0, 0.1) is 5.82 Å². The third kappa shape index (κ3) is 6.70. The third-order valence-electron chi connectivity index (χ3n) is 5.34. The van der Waals surface area contributed by atoms with Gasteiger partial charge in [-0.2, -0.15) is 10.1 Å². The van der Waals surface area contributed by atoms with Crippen molar-refractivity contribution in [2.24, 2.45) is 0 Å². The van der Waals surface area contributed by atoms with E-state index in [2.05, 4.69) is 10.1 Å². The van der Waals surface area contributed by atoms with Crippen molar-refractivity contribution in [3.8, 4) is 5.75 Å². The maximum atomic E-state index is 15.5. The van der Waals surface area contributed by atoms with Crippen LogP contribution in [0.2, 0.25) is 0 Å². The van der Waals surface area contributed by atoms with E-state index in [-0.39, 0.29) is 5.75 Å². The molecule has 1 aromatic carbocycles. The molecule has 2 aromatic rings. The Morgan fingerprint density at radius 2 is 2.00 bits per heavy atom. The molecule has 2 heterocycles. The van der Waals surface area contributed by atoms with Crippen molar-refractivity contribution in [2.45, 2.75) is 63.9 Å². The van der Waals surface area contributed by atoms with Gasteiger partial charge >= 0.3 is 19.4 Å². The number of nitrogens with zero attached hydrogens (tertiary/aromatic N) is 2. The van der Waals surface area contributed by atoms with E-state index in [1.807, 2.05) is 0 Å². The van der Waals surface area contributed by atoms with Crippen molar-refractivity contribution in [3.05, 3.63) is 52.8 Å². The summed E-state index contributed by atoms with van der Waals surface area (Å²) in [5, 5.41) is 13.0. The van der Waals surface area contributed by atoms with Gasteiger partial charge < -0.3 is 24.8 Å². The molecule has 37 heavy (non-hydrogen) atoms. The summed E-state index contributed by atoms with van der Waals surface area (Å²) in [7, 11) is -4.35. The summed E-state index contributed by atoms with van der Waals surface area (Å²) in [6.45, 7) is 4.88. The van der Waals surface area contributed by atoms with Crippen molar-refractivity contribution in [1.29, 1.82) is 0 Å². The number of carbonyl (C=O) groups excluding carboxylic acids is 1. The smallest absolute Gasteiger partial charge is 0.459 e. The van der Waals surface area contributed by atoms with Crippen LogP contribution in [0.4, 0.5) is 14.6 Å². The predicted octanol–water partition coefficient (Wildman–Crippen LogP) is 2.08. The lowest BCUT2D eigenvalue weighted by molar-refractivity contribution is -0.149. The van der Waals surface area contributed by atoms with Crippen LogP contribution in [0.3, 0.4) is 0 Å². The van der Waals surface area contributed by atoms with E-state index in [1.54, 1.807) is 32.0 Å². The minimum absolute atomic E-state index is 0.124. The molecular formula is C22H29F2N4O8P. The summed E-state index contributed by atoms with van der Waals surface area (Å²) in [5.41, 5.74) is 1.54. The van der Waals surface area contributed by atoms with E-state index in [9.17, 15) is 23.7 Å². The summed E-state index contributed by atoms with van der Waals surface area (Å²) in [6.07, 6.45) is -5.04. The molecule has 3 rings (SSSR count). The Bertz CT molecular complexity index is 1210. The number of nitrogens with two attached hydrogens (primary N) is 1. The molecule has 1 aliphatic heterocycles. The Morgan fingerprint density at radius 1 is 1.35 bits per heavy atom. The van der Waals surface area contributed by atoms with Gasteiger partial charge in [0.05, 0.1) is 18.9 Å². The number of para-hydroxylation sites is 1. The molecule has 1 saturated heterocycles. The average molecular weight is 546 g/mol. The summed E-state index contributed by atoms with van der Waals surface area (Å²) >= 11 is 0. The Kier molecular flexibility index (Phi) is 8.70. The van der Waals surface area contributed by atoms with Crippen LogP contribution in [0.5, 0.6) is 5.75 Å². The van der Waals surface area contributed by atoms with Gasteiger partial charge in [0.25, 0.3) is 0 Å².